The summed E-state index contributed by atoms with van der Waals surface area (Å²) >= 11 is 0. The summed E-state index contributed by atoms with van der Waals surface area (Å²) in [7, 11) is 1.81. The monoisotopic (exact) mass is 399 g/mol. The van der Waals surface area contributed by atoms with Crippen LogP contribution in [0.4, 0.5) is 0 Å². The predicted molar refractivity (Wildman–Crippen MR) is 120 cm³/mol. The van der Waals surface area contributed by atoms with E-state index in [1.165, 1.54) is 0 Å². The highest BCUT2D eigenvalue weighted by molar-refractivity contribution is 5.95. The van der Waals surface area contributed by atoms with Crippen molar-refractivity contribution in [2.24, 2.45) is 0 Å². The maximum Gasteiger partial charge on any atom is 0.254 e. The molecule has 0 spiro atoms. The van der Waals surface area contributed by atoms with Crippen molar-refractivity contribution in [2.75, 3.05) is 13.7 Å². The first-order valence-electron chi connectivity index (χ1n) is 10.2. The number of nitrogens with zero attached hydrogens (tertiary/aromatic N) is 2. The Balaban J connectivity index is 1.60. The molecule has 1 amide bonds. The molecule has 1 aromatic heterocycles. The molecule has 30 heavy (non-hydrogen) atoms. The van der Waals surface area contributed by atoms with Crippen molar-refractivity contribution in [1.29, 1.82) is 0 Å². The van der Waals surface area contributed by atoms with Crippen molar-refractivity contribution in [1.82, 2.24) is 15.1 Å². The minimum Gasteiger partial charge on any atom is -0.493 e. The molecule has 3 aromatic carbocycles. The van der Waals surface area contributed by atoms with Gasteiger partial charge in [0.15, 0.2) is 0 Å². The van der Waals surface area contributed by atoms with E-state index < -0.39 is 0 Å². The highest BCUT2D eigenvalue weighted by Crippen LogP contribution is 2.31. The fourth-order valence-electron chi connectivity index (χ4n) is 3.55. The number of amides is 1. The lowest BCUT2D eigenvalue weighted by Gasteiger charge is -2.19. The molecule has 0 aliphatic rings. The first-order chi connectivity index (χ1) is 14.7. The van der Waals surface area contributed by atoms with Crippen molar-refractivity contribution < 1.29 is 9.53 Å². The van der Waals surface area contributed by atoms with Gasteiger partial charge in [0, 0.05) is 30.1 Å². The normalized spacial score (nSPS) is 10.9. The molecule has 0 saturated carbocycles. The molecule has 4 aromatic rings. The van der Waals surface area contributed by atoms with Gasteiger partial charge in [-0.1, -0.05) is 55.5 Å². The van der Waals surface area contributed by atoms with Crippen LogP contribution in [0.3, 0.4) is 0 Å². The van der Waals surface area contributed by atoms with Gasteiger partial charge in [0.05, 0.1) is 18.3 Å². The Hall–Kier alpha value is -3.60. The number of para-hydroxylation sites is 1. The molecule has 1 heterocycles. The smallest absolute Gasteiger partial charge is 0.254 e. The molecule has 0 saturated heterocycles. The number of hydrogen-bond acceptors (Lipinski definition) is 3. The molecule has 4 rings (SSSR count). The molecule has 0 atom stereocenters. The van der Waals surface area contributed by atoms with Gasteiger partial charge in [-0.3, -0.25) is 9.89 Å². The zero-order chi connectivity index (χ0) is 20.9. The van der Waals surface area contributed by atoms with E-state index in [1.54, 1.807) is 11.1 Å². The lowest BCUT2D eigenvalue weighted by molar-refractivity contribution is 0.0785. The molecule has 0 aliphatic carbocycles. The number of rotatable bonds is 7. The van der Waals surface area contributed by atoms with Gasteiger partial charge >= 0.3 is 0 Å². The second-order valence-corrected chi connectivity index (χ2v) is 7.34. The third-order valence-corrected chi connectivity index (χ3v) is 5.09. The lowest BCUT2D eigenvalue weighted by atomic mass is 10.0. The first-order valence-corrected chi connectivity index (χ1v) is 10.2. The molecule has 0 radical (unpaired) electrons. The molecule has 5 heteroatoms. The average molecular weight is 399 g/mol. The summed E-state index contributed by atoms with van der Waals surface area (Å²) in [5.41, 5.74) is 4.67. The standard InChI is InChI=1S/C25H25N3O2/c1-3-14-30-23-15-19(12-13-22(23)18-8-5-4-6-9-18)25(29)28(2)17-21-11-7-10-20-16-26-27-24(20)21/h4-13,15-16H,3,14,17H2,1-2H3,(H,26,27). The molecule has 0 aliphatic heterocycles. The highest BCUT2D eigenvalue weighted by Gasteiger charge is 2.17. The molecular formula is C25H25N3O2. The quantitative estimate of drug-likeness (QED) is 0.459. The van der Waals surface area contributed by atoms with Crippen LogP contribution in [-0.2, 0) is 6.54 Å². The van der Waals surface area contributed by atoms with Crippen LogP contribution in [0, 0.1) is 0 Å². The predicted octanol–water partition coefficient (Wildman–Crippen LogP) is 5.29. The highest BCUT2D eigenvalue weighted by atomic mass is 16.5. The maximum absolute atomic E-state index is 13.1. The van der Waals surface area contributed by atoms with Gasteiger partial charge in [0.25, 0.3) is 5.91 Å². The number of nitrogens with one attached hydrogen (secondary N) is 1. The molecule has 5 nitrogen and oxygen atoms in total. The Morgan fingerprint density at radius 3 is 2.70 bits per heavy atom. The zero-order valence-corrected chi connectivity index (χ0v) is 17.3. The van der Waals surface area contributed by atoms with Crippen molar-refractivity contribution >= 4 is 16.8 Å². The van der Waals surface area contributed by atoms with E-state index in [0.29, 0.717) is 18.7 Å². The summed E-state index contributed by atoms with van der Waals surface area (Å²) in [4.78, 5) is 14.9. The van der Waals surface area contributed by atoms with Gasteiger partial charge in [-0.25, -0.2) is 0 Å². The number of carbonyl (C=O) groups excluding carboxylic acids is 1. The van der Waals surface area contributed by atoms with Crippen LogP contribution in [0.25, 0.3) is 22.0 Å². The van der Waals surface area contributed by atoms with Gasteiger partial charge in [-0.2, -0.15) is 5.10 Å². The molecule has 152 valence electrons. The number of aromatic amines is 1. The molecule has 1 N–H and O–H groups in total. The summed E-state index contributed by atoms with van der Waals surface area (Å²) in [5.74, 6) is 0.686. The molecule has 0 fully saturated rings. The average Bonchev–Trinajstić information content (AvgIpc) is 3.27. The van der Waals surface area contributed by atoms with Crippen molar-refractivity contribution in [2.45, 2.75) is 19.9 Å². The lowest BCUT2D eigenvalue weighted by Crippen LogP contribution is -2.26. The van der Waals surface area contributed by atoms with Crippen LogP contribution in [0.2, 0.25) is 0 Å². The van der Waals surface area contributed by atoms with Gasteiger partial charge in [0.1, 0.15) is 5.75 Å². The van der Waals surface area contributed by atoms with E-state index in [1.807, 2.05) is 73.8 Å². The maximum atomic E-state index is 13.1. The number of benzene rings is 3. The topological polar surface area (TPSA) is 58.2 Å². The van der Waals surface area contributed by atoms with Gasteiger partial charge in [0.2, 0.25) is 0 Å². The minimum absolute atomic E-state index is 0.0486. The second kappa shape index (κ2) is 8.82. The number of aromatic nitrogens is 2. The van der Waals surface area contributed by atoms with Crippen LogP contribution < -0.4 is 4.74 Å². The van der Waals surface area contributed by atoms with E-state index in [4.69, 9.17) is 4.74 Å². The fourth-order valence-corrected chi connectivity index (χ4v) is 3.55. The summed E-state index contributed by atoms with van der Waals surface area (Å²) in [6.07, 6.45) is 2.70. The van der Waals surface area contributed by atoms with E-state index in [0.717, 1.165) is 39.8 Å². The van der Waals surface area contributed by atoms with Crippen LogP contribution in [0.5, 0.6) is 5.75 Å². The number of ether oxygens (including phenoxy) is 1. The van der Waals surface area contributed by atoms with E-state index in [9.17, 15) is 4.79 Å². The first kappa shape index (κ1) is 19.7. The Labute approximate surface area is 176 Å². The Morgan fingerprint density at radius 1 is 1.07 bits per heavy atom. The fraction of sp³-hybridized carbons (Fsp3) is 0.200. The third-order valence-electron chi connectivity index (χ3n) is 5.09. The van der Waals surface area contributed by atoms with Gasteiger partial charge in [-0.05, 0) is 35.7 Å². The molecule has 0 unspecified atom stereocenters. The van der Waals surface area contributed by atoms with Gasteiger partial charge < -0.3 is 9.64 Å². The van der Waals surface area contributed by atoms with Crippen molar-refractivity contribution in [3.05, 3.63) is 84.1 Å². The Kier molecular flexibility index (Phi) is 5.80. The van der Waals surface area contributed by atoms with E-state index in [2.05, 4.69) is 17.1 Å². The second-order valence-electron chi connectivity index (χ2n) is 7.34. The zero-order valence-electron chi connectivity index (χ0n) is 17.3. The van der Waals surface area contributed by atoms with Crippen molar-refractivity contribution in [3.8, 4) is 16.9 Å². The third kappa shape index (κ3) is 4.06. The molecular weight excluding hydrogens is 374 g/mol. The summed E-state index contributed by atoms with van der Waals surface area (Å²) < 4.78 is 5.99. The molecule has 0 bridgehead atoms. The summed E-state index contributed by atoms with van der Waals surface area (Å²) in [6.45, 7) is 3.17. The van der Waals surface area contributed by atoms with Crippen molar-refractivity contribution in [3.63, 3.8) is 0 Å². The number of hydrogen-bond donors (Lipinski definition) is 1. The summed E-state index contributed by atoms with van der Waals surface area (Å²) in [6, 6.07) is 21.8. The summed E-state index contributed by atoms with van der Waals surface area (Å²) in [5, 5.41) is 8.17. The Morgan fingerprint density at radius 2 is 1.90 bits per heavy atom. The van der Waals surface area contributed by atoms with Crippen LogP contribution in [-0.4, -0.2) is 34.7 Å². The number of H-pyrrole nitrogens is 1. The van der Waals surface area contributed by atoms with Crippen LogP contribution in [0.1, 0.15) is 29.3 Å². The Bertz CT molecular complexity index is 1150. The van der Waals surface area contributed by atoms with E-state index >= 15 is 0 Å². The van der Waals surface area contributed by atoms with Crippen LogP contribution in [0.15, 0.2) is 72.9 Å². The van der Waals surface area contributed by atoms with Crippen LogP contribution >= 0.6 is 0 Å². The van der Waals surface area contributed by atoms with E-state index in [-0.39, 0.29) is 5.91 Å². The number of fused-ring (bicyclic) bond motifs is 1. The largest absolute Gasteiger partial charge is 0.493 e. The van der Waals surface area contributed by atoms with Gasteiger partial charge in [-0.15, -0.1) is 0 Å². The minimum atomic E-state index is -0.0486. The number of carbonyl (C=O) groups is 1. The SMILES string of the molecule is CCCOc1cc(C(=O)N(C)Cc2cccc3cn[nH]c23)ccc1-c1ccccc1.